The maximum Gasteiger partial charge on any atom is 0.438 e. The minimum Gasteiger partial charge on any atom is -0.448 e. The molecule has 1 fully saturated rings. The van der Waals surface area contributed by atoms with Gasteiger partial charge in [-0.2, -0.15) is 0 Å². The van der Waals surface area contributed by atoms with E-state index >= 15 is 0 Å². The molecule has 0 radical (unpaired) electrons. The Bertz CT molecular complexity index is 1060. The third-order valence-electron chi connectivity index (χ3n) is 5.86. The Morgan fingerprint density at radius 3 is 2.48 bits per heavy atom. The highest BCUT2D eigenvalue weighted by molar-refractivity contribution is 5.79. The van der Waals surface area contributed by atoms with Gasteiger partial charge in [0.25, 0.3) is 0 Å². The molecule has 2 aromatic carbocycles. The fourth-order valence-corrected chi connectivity index (χ4v) is 4.47. The van der Waals surface area contributed by atoms with E-state index in [1.807, 2.05) is 24.3 Å². The van der Waals surface area contributed by atoms with Crippen molar-refractivity contribution in [2.24, 2.45) is 0 Å². The molecule has 7 heteroatoms. The second-order valence-electron chi connectivity index (χ2n) is 7.57. The summed E-state index contributed by atoms with van der Waals surface area (Å²) in [7, 11) is 0. The van der Waals surface area contributed by atoms with Gasteiger partial charge in [0.15, 0.2) is 5.82 Å². The summed E-state index contributed by atoms with van der Waals surface area (Å²) >= 11 is 0. The molecule has 7 nitrogen and oxygen atoms in total. The molecule has 2 aliphatic rings. The van der Waals surface area contributed by atoms with Gasteiger partial charge >= 0.3 is 11.8 Å². The highest BCUT2D eigenvalue weighted by Gasteiger charge is 2.31. The van der Waals surface area contributed by atoms with Gasteiger partial charge in [-0.25, -0.2) is 9.59 Å². The van der Waals surface area contributed by atoms with Crippen molar-refractivity contribution in [1.82, 2.24) is 15.0 Å². The number of piperidine rings is 1. The second-order valence-corrected chi connectivity index (χ2v) is 7.57. The molecule has 148 valence electrons. The molecule has 0 spiro atoms. The number of H-pyrrole nitrogens is 1. The lowest BCUT2D eigenvalue weighted by Crippen LogP contribution is -2.40. The van der Waals surface area contributed by atoms with Gasteiger partial charge in [0, 0.05) is 24.9 Å². The Hall–Kier alpha value is -3.35. The Balaban J connectivity index is 1.29. The van der Waals surface area contributed by atoms with E-state index in [2.05, 4.69) is 38.9 Å². The molecule has 0 saturated carbocycles. The molecule has 1 N–H and O–H groups in total. The van der Waals surface area contributed by atoms with Crippen LogP contribution < -0.4 is 5.76 Å². The van der Waals surface area contributed by atoms with Gasteiger partial charge in [-0.1, -0.05) is 53.7 Å². The van der Waals surface area contributed by atoms with Crippen molar-refractivity contribution in [3.05, 3.63) is 76.0 Å². The number of hydrogen-bond donors (Lipinski definition) is 1. The van der Waals surface area contributed by atoms with Crippen molar-refractivity contribution < 1.29 is 14.1 Å². The summed E-state index contributed by atoms with van der Waals surface area (Å²) in [6.45, 7) is 1.39. The zero-order valence-corrected chi connectivity index (χ0v) is 15.8. The zero-order valence-electron chi connectivity index (χ0n) is 15.8. The highest BCUT2D eigenvalue weighted by Crippen LogP contribution is 2.44. The molecule has 2 heterocycles. The van der Waals surface area contributed by atoms with Crippen LogP contribution in [0.1, 0.15) is 41.6 Å². The first-order chi connectivity index (χ1) is 14.2. The Kier molecular flexibility index (Phi) is 4.42. The molecule has 5 rings (SSSR count). The van der Waals surface area contributed by atoms with Gasteiger partial charge < -0.3 is 9.64 Å². The lowest BCUT2D eigenvalue weighted by Gasteiger charge is -2.31. The minimum atomic E-state index is -0.571. The number of carbonyl (C=O) groups is 1. The third kappa shape index (κ3) is 3.22. The van der Waals surface area contributed by atoms with Crippen molar-refractivity contribution in [2.45, 2.75) is 24.7 Å². The first-order valence-corrected chi connectivity index (χ1v) is 9.86. The van der Waals surface area contributed by atoms with Crippen molar-refractivity contribution in [2.75, 3.05) is 19.7 Å². The predicted molar refractivity (Wildman–Crippen MR) is 106 cm³/mol. The number of carbonyl (C=O) groups excluding carboxylic acids is 1. The topological polar surface area (TPSA) is 88.4 Å². The molecular weight excluding hydrogens is 370 g/mol. The molecule has 1 amide bonds. The van der Waals surface area contributed by atoms with E-state index in [1.165, 1.54) is 22.3 Å². The number of amides is 1. The van der Waals surface area contributed by atoms with Crippen LogP contribution in [-0.2, 0) is 4.74 Å². The minimum absolute atomic E-state index is 0.0406. The molecule has 1 aliphatic heterocycles. The van der Waals surface area contributed by atoms with Crippen LogP contribution in [0.2, 0.25) is 0 Å². The number of ether oxygens (including phenoxy) is 1. The number of likely N-dealkylation sites (tertiary alicyclic amines) is 1. The lowest BCUT2D eigenvalue weighted by atomic mass is 9.97. The van der Waals surface area contributed by atoms with Crippen molar-refractivity contribution in [3.63, 3.8) is 0 Å². The summed E-state index contributed by atoms with van der Waals surface area (Å²) in [4.78, 5) is 28.2. The fourth-order valence-electron chi connectivity index (χ4n) is 4.47. The van der Waals surface area contributed by atoms with E-state index < -0.39 is 5.76 Å². The van der Waals surface area contributed by atoms with Crippen molar-refractivity contribution in [3.8, 4) is 11.1 Å². The van der Waals surface area contributed by atoms with Gasteiger partial charge in [0.1, 0.15) is 6.61 Å². The van der Waals surface area contributed by atoms with E-state index in [0.717, 1.165) is 12.8 Å². The van der Waals surface area contributed by atoms with Crippen LogP contribution in [0.15, 0.2) is 57.8 Å². The van der Waals surface area contributed by atoms with E-state index in [0.29, 0.717) is 25.5 Å². The molecule has 3 aromatic rings. The van der Waals surface area contributed by atoms with Crippen LogP contribution in [0.5, 0.6) is 0 Å². The van der Waals surface area contributed by atoms with Crippen LogP contribution in [0, 0.1) is 0 Å². The lowest BCUT2D eigenvalue weighted by molar-refractivity contribution is 0.0884. The number of benzene rings is 2. The van der Waals surface area contributed by atoms with Crippen LogP contribution in [-0.4, -0.2) is 40.8 Å². The number of nitrogens with zero attached hydrogens (tertiary/aromatic N) is 2. The summed E-state index contributed by atoms with van der Waals surface area (Å²) in [5.74, 6) is -0.0843. The molecular formula is C22H21N3O4. The van der Waals surface area contributed by atoms with E-state index in [9.17, 15) is 9.59 Å². The maximum atomic E-state index is 12.7. The quantitative estimate of drug-likeness (QED) is 0.738. The highest BCUT2D eigenvalue weighted by atomic mass is 16.6. The van der Waals surface area contributed by atoms with Crippen LogP contribution in [0.4, 0.5) is 4.79 Å². The SMILES string of the molecule is O=C(OCC1c2ccccc2-c2ccccc21)N1CCCC(c2noc(=O)[nH]2)C1. The van der Waals surface area contributed by atoms with E-state index in [-0.39, 0.29) is 17.9 Å². The zero-order chi connectivity index (χ0) is 19.8. The molecule has 29 heavy (non-hydrogen) atoms. The van der Waals surface area contributed by atoms with Gasteiger partial charge in [-0.05, 0) is 35.1 Å². The average Bonchev–Trinajstić information content (AvgIpc) is 3.34. The Morgan fingerprint density at radius 2 is 1.83 bits per heavy atom. The van der Waals surface area contributed by atoms with E-state index in [1.54, 1.807) is 4.90 Å². The summed E-state index contributed by atoms with van der Waals surface area (Å²) in [5.41, 5.74) is 4.80. The smallest absolute Gasteiger partial charge is 0.438 e. The normalized spacial score (nSPS) is 18.3. The standard InChI is InChI=1S/C22H21N3O4/c26-21-23-20(24-29-21)14-6-5-11-25(12-14)22(27)28-13-19-17-9-3-1-7-15(17)16-8-2-4-10-18(16)19/h1-4,7-10,14,19H,5-6,11-13H2,(H,23,24,26). The summed E-state index contributed by atoms with van der Waals surface area (Å²) in [6.07, 6.45) is 1.33. The first kappa shape index (κ1) is 17.7. The maximum absolute atomic E-state index is 12.7. The number of rotatable bonds is 3. The third-order valence-corrected chi connectivity index (χ3v) is 5.86. The van der Waals surface area contributed by atoms with Gasteiger partial charge in [-0.15, -0.1) is 0 Å². The van der Waals surface area contributed by atoms with Crippen LogP contribution >= 0.6 is 0 Å². The summed E-state index contributed by atoms with van der Waals surface area (Å²) in [6, 6.07) is 16.5. The molecule has 0 bridgehead atoms. The van der Waals surface area contributed by atoms with Crippen LogP contribution in [0.3, 0.4) is 0 Å². The molecule has 1 aromatic heterocycles. The molecule has 1 atom stereocenters. The van der Waals surface area contributed by atoms with Crippen molar-refractivity contribution >= 4 is 6.09 Å². The Labute approximate surface area is 167 Å². The fraction of sp³-hybridized carbons (Fsp3) is 0.318. The number of aromatic nitrogens is 2. The molecule has 1 unspecified atom stereocenters. The second kappa shape index (κ2) is 7.24. The first-order valence-electron chi connectivity index (χ1n) is 9.86. The summed E-state index contributed by atoms with van der Waals surface area (Å²) < 4.78 is 10.3. The largest absolute Gasteiger partial charge is 0.448 e. The number of aromatic amines is 1. The van der Waals surface area contributed by atoms with Gasteiger partial charge in [-0.3, -0.25) is 9.51 Å². The predicted octanol–water partition coefficient (Wildman–Crippen LogP) is 3.49. The van der Waals surface area contributed by atoms with Gasteiger partial charge in [0.2, 0.25) is 0 Å². The van der Waals surface area contributed by atoms with Crippen LogP contribution in [0.25, 0.3) is 11.1 Å². The average molecular weight is 391 g/mol. The number of nitrogens with one attached hydrogen (secondary N) is 1. The number of hydrogen-bond acceptors (Lipinski definition) is 5. The monoisotopic (exact) mass is 391 g/mol. The van der Waals surface area contributed by atoms with Crippen molar-refractivity contribution in [1.29, 1.82) is 0 Å². The molecule has 1 aliphatic carbocycles. The van der Waals surface area contributed by atoms with E-state index in [4.69, 9.17) is 4.74 Å². The number of fused-ring (bicyclic) bond motifs is 3. The summed E-state index contributed by atoms with van der Waals surface area (Å²) in [5, 5.41) is 3.77. The van der Waals surface area contributed by atoms with Gasteiger partial charge in [0.05, 0.1) is 0 Å². The molecule has 1 saturated heterocycles. The Morgan fingerprint density at radius 1 is 1.14 bits per heavy atom.